The standard InChI is InChI=1S/C12H16ClNO4S/c1-18-7-2-3-8(6-7)19(16,17)12-9(13)4-5-10(14)11(12)15/h4-5,7-8,15H,2-3,6,14H2,1H3/t7-,8-/m1/s1. The molecule has 2 atom stereocenters. The summed E-state index contributed by atoms with van der Waals surface area (Å²) >= 11 is 5.91. The third-order valence-electron chi connectivity index (χ3n) is 3.51. The molecular formula is C12H16ClNO4S. The van der Waals surface area contributed by atoms with Crippen molar-refractivity contribution in [3.05, 3.63) is 17.2 Å². The summed E-state index contributed by atoms with van der Waals surface area (Å²) in [5.41, 5.74) is 5.54. The molecule has 0 heterocycles. The van der Waals surface area contributed by atoms with Crippen LogP contribution < -0.4 is 5.73 Å². The first-order chi connectivity index (χ1) is 8.87. The largest absolute Gasteiger partial charge is 0.504 e. The van der Waals surface area contributed by atoms with Crippen molar-refractivity contribution >= 4 is 27.1 Å². The van der Waals surface area contributed by atoms with Crippen LogP contribution in [0.25, 0.3) is 0 Å². The van der Waals surface area contributed by atoms with Crippen LogP contribution in [0.1, 0.15) is 19.3 Å². The Morgan fingerprint density at radius 3 is 2.68 bits per heavy atom. The van der Waals surface area contributed by atoms with Gasteiger partial charge in [0.15, 0.2) is 15.6 Å². The molecule has 1 fully saturated rings. The lowest BCUT2D eigenvalue weighted by molar-refractivity contribution is 0.109. The predicted octanol–water partition coefficient (Wildman–Crippen LogP) is 1.97. The molecule has 0 spiro atoms. The second-order valence-corrected chi connectivity index (χ2v) is 7.22. The summed E-state index contributed by atoms with van der Waals surface area (Å²) in [6.07, 6.45) is 1.51. The molecule has 1 aromatic carbocycles. The van der Waals surface area contributed by atoms with Crippen LogP contribution in [0.5, 0.6) is 5.75 Å². The third-order valence-corrected chi connectivity index (χ3v) is 6.22. The fourth-order valence-electron chi connectivity index (χ4n) is 2.40. The number of phenols is 1. The van der Waals surface area contributed by atoms with Crippen molar-refractivity contribution in [3.63, 3.8) is 0 Å². The van der Waals surface area contributed by atoms with Crippen molar-refractivity contribution < 1.29 is 18.3 Å². The number of nitrogen functional groups attached to an aromatic ring is 1. The number of anilines is 1. The maximum Gasteiger partial charge on any atom is 0.186 e. The van der Waals surface area contributed by atoms with E-state index >= 15 is 0 Å². The van der Waals surface area contributed by atoms with Crippen molar-refractivity contribution in [3.8, 4) is 5.75 Å². The molecule has 7 heteroatoms. The molecule has 1 aromatic rings. The smallest absolute Gasteiger partial charge is 0.186 e. The maximum atomic E-state index is 12.5. The summed E-state index contributed by atoms with van der Waals surface area (Å²) in [5.74, 6) is -0.464. The average molecular weight is 306 g/mol. The second kappa shape index (κ2) is 5.19. The molecule has 0 unspecified atom stereocenters. The van der Waals surface area contributed by atoms with E-state index < -0.39 is 20.8 Å². The third kappa shape index (κ3) is 2.52. The topological polar surface area (TPSA) is 89.6 Å². The quantitative estimate of drug-likeness (QED) is 0.658. The van der Waals surface area contributed by atoms with E-state index in [0.29, 0.717) is 19.3 Å². The van der Waals surface area contributed by atoms with Crippen LogP contribution in [0.2, 0.25) is 5.02 Å². The molecule has 0 aliphatic heterocycles. The van der Waals surface area contributed by atoms with E-state index in [4.69, 9.17) is 22.1 Å². The minimum atomic E-state index is -3.71. The molecule has 2 rings (SSSR count). The van der Waals surface area contributed by atoms with Crippen molar-refractivity contribution in [2.75, 3.05) is 12.8 Å². The SMILES string of the molecule is CO[C@@H]1CC[C@@H](S(=O)(=O)c2c(Cl)ccc(N)c2O)C1. The van der Waals surface area contributed by atoms with Crippen LogP contribution in [0.3, 0.4) is 0 Å². The first-order valence-corrected chi connectivity index (χ1v) is 7.84. The fourth-order valence-corrected chi connectivity index (χ4v) is 4.85. The number of halogens is 1. The van der Waals surface area contributed by atoms with Gasteiger partial charge in [-0.15, -0.1) is 0 Å². The van der Waals surface area contributed by atoms with E-state index in [0.717, 1.165) is 0 Å². The lowest BCUT2D eigenvalue weighted by Crippen LogP contribution is -2.20. The van der Waals surface area contributed by atoms with Crippen LogP contribution in [-0.2, 0) is 14.6 Å². The number of benzene rings is 1. The molecule has 5 nitrogen and oxygen atoms in total. The summed E-state index contributed by atoms with van der Waals surface area (Å²) in [7, 11) is -2.15. The van der Waals surface area contributed by atoms with E-state index in [9.17, 15) is 13.5 Å². The van der Waals surface area contributed by atoms with Crippen molar-refractivity contribution in [1.82, 2.24) is 0 Å². The predicted molar refractivity (Wildman–Crippen MR) is 73.2 cm³/mol. The Balaban J connectivity index is 2.44. The van der Waals surface area contributed by atoms with Crippen LogP contribution in [0.15, 0.2) is 17.0 Å². The molecule has 3 N–H and O–H groups in total. The Morgan fingerprint density at radius 2 is 2.11 bits per heavy atom. The van der Waals surface area contributed by atoms with Crippen LogP contribution in [0.4, 0.5) is 5.69 Å². The molecule has 1 aliphatic carbocycles. The summed E-state index contributed by atoms with van der Waals surface area (Å²) in [5, 5.41) is 9.28. The molecule has 106 valence electrons. The zero-order valence-corrected chi connectivity index (χ0v) is 12.0. The maximum absolute atomic E-state index is 12.5. The number of phenolic OH excluding ortho intramolecular Hbond substituents is 1. The second-order valence-electron chi connectivity index (χ2n) is 4.65. The van der Waals surface area contributed by atoms with Gasteiger partial charge in [-0.25, -0.2) is 8.42 Å². The highest BCUT2D eigenvalue weighted by Crippen LogP contribution is 2.40. The monoisotopic (exact) mass is 305 g/mol. The van der Waals surface area contributed by atoms with Gasteiger partial charge in [0.1, 0.15) is 4.90 Å². The number of sulfone groups is 1. The van der Waals surface area contributed by atoms with E-state index in [2.05, 4.69) is 0 Å². The van der Waals surface area contributed by atoms with Crippen molar-refractivity contribution in [2.45, 2.75) is 35.5 Å². The van der Waals surface area contributed by atoms with Gasteiger partial charge >= 0.3 is 0 Å². The number of aromatic hydroxyl groups is 1. The Morgan fingerprint density at radius 1 is 1.42 bits per heavy atom. The van der Waals surface area contributed by atoms with Crippen molar-refractivity contribution in [2.24, 2.45) is 0 Å². The molecule has 0 aromatic heterocycles. The van der Waals surface area contributed by atoms with E-state index in [1.54, 1.807) is 7.11 Å². The van der Waals surface area contributed by atoms with E-state index in [-0.39, 0.29) is 21.7 Å². The number of hydrogen-bond acceptors (Lipinski definition) is 5. The Labute approximate surface area is 117 Å². The van der Waals surface area contributed by atoms with Gasteiger partial charge in [-0.05, 0) is 31.4 Å². The molecule has 0 bridgehead atoms. The zero-order chi connectivity index (χ0) is 14.2. The Hall–Kier alpha value is -0.980. The number of rotatable bonds is 3. The lowest BCUT2D eigenvalue weighted by atomic mass is 10.3. The molecule has 1 aliphatic rings. The van der Waals surface area contributed by atoms with Crippen LogP contribution in [0, 0.1) is 0 Å². The normalized spacial score (nSPS) is 23.7. The molecule has 1 saturated carbocycles. The van der Waals surface area contributed by atoms with Crippen LogP contribution >= 0.6 is 11.6 Å². The first-order valence-electron chi connectivity index (χ1n) is 5.91. The highest BCUT2D eigenvalue weighted by molar-refractivity contribution is 7.92. The number of hydrogen-bond donors (Lipinski definition) is 2. The van der Waals surface area contributed by atoms with Gasteiger partial charge in [-0.2, -0.15) is 0 Å². The van der Waals surface area contributed by atoms with Gasteiger partial charge in [0.25, 0.3) is 0 Å². The minimum Gasteiger partial charge on any atom is -0.504 e. The highest BCUT2D eigenvalue weighted by atomic mass is 35.5. The number of methoxy groups -OCH3 is 1. The molecule has 0 amide bonds. The summed E-state index contributed by atoms with van der Waals surface area (Å²) in [6.45, 7) is 0. The van der Waals surface area contributed by atoms with E-state index in [1.807, 2.05) is 0 Å². The first kappa shape index (κ1) is 14.4. The van der Waals surface area contributed by atoms with Gasteiger partial charge < -0.3 is 15.6 Å². The van der Waals surface area contributed by atoms with Crippen LogP contribution in [-0.4, -0.2) is 32.0 Å². The summed E-state index contributed by atoms with van der Waals surface area (Å²) in [6, 6.07) is 2.76. The summed E-state index contributed by atoms with van der Waals surface area (Å²) < 4.78 is 30.2. The van der Waals surface area contributed by atoms with Gasteiger partial charge in [0.05, 0.1) is 22.1 Å². The molecule has 19 heavy (non-hydrogen) atoms. The molecule has 0 saturated heterocycles. The van der Waals surface area contributed by atoms with Crippen molar-refractivity contribution in [1.29, 1.82) is 0 Å². The van der Waals surface area contributed by atoms with E-state index in [1.165, 1.54) is 12.1 Å². The minimum absolute atomic E-state index is 0.00395. The Bertz CT molecular complexity index is 588. The fraction of sp³-hybridized carbons (Fsp3) is 0.500. The Kier molecular flexibility index (Phi) is 3.94. The van der Waals surface area contributed by atoms with Gasteiger partial charge in [0.2, 0.25) is 0 Å². The molecular weight excluding hydrogens is 290 g/mol. The van der Waals surface area contributed by atoms with Gasteiger partial charge in [0, 0.05) is 7.11 Å². The van der Waals surface area contributed by atoms with Gasteiger partial charge in [-0.3, -0.25) is 0 Å². The average Bonchev–Trinajstić information content (AvgIpc) is 2.83. The number of nitrogens with two attached hydrogens (primary N) is 1. The lowest BCUT2D eigenvalue weighted by Gasteiger charge is -2.15. The number of ether oxygens (including phenoxy) is 1. The zero-order valence-electron chi connectivity index (χ0n) is 10.5. The van der Waals surface area contributed by atoms with Gasteiger partial charge in [-0.1, -0.05) is 11.6 Å². The highest BCUT2D eigenvalue weighted by Gasteiger charge is 2.38. The molecule has 0 radical (unpaired) electrons. The summed E-state index contributed by atoms with van der Waals surface area (Å²) in [4.78, 5) is -0.268.